The fraction of sp³-hybridized carbons (Fsp3) is 0.833. The number of guanidine groups is 1. The maximum Gasteiger partial charge on any atom is 0.188 e. The lowest BCUT2D eigenvalue weighted by Gasteiger charge is -2.14. The van der Waals surface area contributed by atoms with E-state index in [-0.39, 0.29) is 5.96 Å². The molecule has 1 aliphatic heterocycles. The van der Waals surface area contributed by atoms with E-state index in [0.29, 0.717) is 12.5 Å². The van der Waals surface area contributed by atoms with Crippen molar-refractivity contribution in [2.24, 2.45) is 17.4 Å². The highest BCUT2D eigenvalue weighted by atomic mass is 15.2. The van der Waals surface area contributed by atoms with Gasteiger partial charge in [-0.15, -0.1) is 0 Å². The van der Waals surface area contributed by atoms with Crippen LogP contribution in [-0.2, 0) is 0 Å². The summed E-state index contributed by atoms with van der Waals surface area (Å²) in [7, 11) is 0. The van der Waals surface area contributed by atoms with Crippen molar-refractivity contribution in [3.8, 4) is 0 Å². The van der Waals surface area contributed by atoms with Crippen molar-refractivity contribution in [3.05, 3.63) is 0 Å². The summed E-state index contributed by atoms with van der Waals surface area (Å²) in [5.74, 6) is 0.722. The molecule has 4 heteroatoms. The molecule has 1 saturated heterocycles. The van der Waals surface area contributed by atoms with Gasteiger partial charge in [0.15, 0.2) is 5.96 Å². The van der Waals surface area contributed by atoms with Crippen molar-refractivity contribution in [2.45, 2.75) is 6.42 Å². The molecule has 1 fully saturated rings. The predicted molar refractivity (Wildman–Crippen MR) is 40.6 cm³/mol. The largest absolute Gasteiger partial charge is 0.370 e. The van der Waals surface area contributed by atoms with Gasteiger partial charge >= 0.3 is 0 Å². The van der Waals surface area contributed by atoms with E-state index < -0.39 is 0 Å². The first kappa shape index (κ1) is 7.34. The Morgan fingerprint density at radius 1 is 1.70 bits per heavy atom. The van der Waals surface area contributed by atoms with Crippen LogP contribution in [0.25, 0.3) is 0 Å². The maximum atomic E-state index is 7.12. The number of hydrogen-bond acceptors (Lipinski definition) is 2. The number of likely N-dealkylation sites (tertiary alicyclic amines) is 1. The Labute approximate surface area is 60.7 Å². The van der Waals surface area contributed by atoms with Crippen LogP contribution in [0.2, 0.25) is 0 Å². The van der Waals surface area contributed by atoms with E-state index in [1.807, 2.05) is 4.90 Å². The van der Waals surface area contributed by atoms with Gasteiger partial charge in [-0.25, -0.2) is 0 Å². The molecule has 0 saturated carbocycles. The molecule has 0 aromatic rings. The van der Waals surface area contributed by atoms with Gasteiger partial charge in [-0.2, -0.15) is 0 Å². The molecule has 10 heavy (non-hydrogen) atoms. The van der Waals surface area contributed by atoms with E-state index in [0.717, 1.165) is 19.5 Å². The summed E-state index contributed by atoms with van der Waals surface area (Å²) < 4.78 is 0. The average Bonchev–Trinajstić information content (AvgIpc) is 2.34. The van der Waals surface area contributed by atoms with Crippen LogP contribution in [-0.4, -0.2) is 30.5 Å². The van der Waals surface area contributed by atoms with Gasteiger partial charge < -0.3 is 16.4 Å². The maximum absolute atomic E-state index is 7.12. The molecule has 0 aromatic heterocycles. The fourth-order valence-corrected chi connectivity index (χ4v) is 1.24. The second-order valence-corrected chi connectivity index (χ2v) is 2.72. The van der Waals surface area contributed by atoms with Crippen LogP contribution in [0.5, 0.6) is 0 Å². The quantitative estimate of drug-likeness (QED) is 0.330. The van der Waals surface area contributed by atoms with Gasteiger partial charge in [0.1, 0.15) is 0 Å². The zero-order chi connectivity index (χ0) is 7.56. The third kappa shape index (κ3) is 1.39. The lowest BCUT2D eigenvalue weighted by Crippen LogP contribution is -2.34. The monoisotopic (exact) mass is 142 g/mol. The first-order valence-corrected chi connectivity index (χ1v) is 3.53. The van der Waals surface area contributed by atoms with Crippen LogP contribution in [0.4, 0.5) is 0 Å². The Morgan fingerprint density at radius 2 is 2.40 bits per heavy atom. The Kier molecular flexibility index (Phi) is 2.11. The molecule has 0 aromatic carbocycles. The number of hydrogen-bond donors (Lipinski definition) is 3. The predicted octanol–water partition coefficient (Wildman–Crippen LogP) is -0.840. The molecule has 0 aliphatic carbocycles. The highest BCUT2D eigenvalue weighted by Crippen LogP contribution is 2.13. The van der Waals surface area contributed by atoms with Crippen LogP contribution in [0.1, 0.15) is 6.42 Å². The molecule has 0 bridgehead atoms. The van der Waals surface area contributed by atoms with Crippen molar-refractivity contribution >= 4 is 5.96 Å². The minimum Gasteiger partial charge on any atom is -0.370 e. The zero-order valence-electron chi connectivity index (χ0n) is 6.01. The molecule has 0 amide bonds. The molecular weight excluding hydrogens is 128 g/mol. The minimum atomic E-state index is 0.177. The van der Waals surface area contributed by atoms with E-state index in [1.54, 1.807) is 0 Å². The lowest BCUT2D eigenvalue weighted by molar-refractivity contribution is 0.476. The van der Waals surface area contributed by atoms with E-state index >= 15 is 0 Å². The summed E-state index contributed by atoms with van der Waals surface area (Å²) in [6.45, 7) is 2.48. The Hall–Kier alpha value is -0.770. The Balaban J connectivity index is 2.35. The lowest BCUT2D eigenvalue weighted by atomic mass is 10.1. The van der Waals surface area contributed by atoms with Crippen LogP contribution in [0.3, 0.4) is 0 Å². The van der Waals surface area contributed by atoms with Gasteiger partial charge in [0.2, 0.25) is 0 Å². The highest BCUT2D eigenvalue weighted by Gasteiger charge is 2.21. The molecule has 5 N–H and O–H groups in total. The van der Waals surface area contributed by atoms with Crippen molar-refractivity contribution in [3.63, 3.8) is 0 Å². The third-order valence-electron chi connectivity index (χ3n) is 1.96. The SMILES string of the molecule is N=C(N)N1CCC(CN)C1. The van der Waals surface area contributed by atoms with Crippen molar-refractivity contribution in [1.82, 2.24) is 4.90 Å². The zero-order valence-corrected chi connectivity index (χ0v) is 6.01. The van der Waals surface area contributed by atoms with E-state index in [4.69, 9.17) is 16.9 Å². The molecule has 1 unspecified atom stereocenters. The summed E-state index contributed by atoms with van der Waals surface area (Å²) in [5, 5.41) is 7.12. The van der Waals surface area contributed by atoms with Gasteiger partial charge in [0, 0.05) is 13.1 Å². The summed E-state index contributed by atoms with van der Waals surface area (Å²) in [4.78, 5) is 1.86. The molecule has 1 heterocycles. The van der Waals surface area contributed by atoms with Crippen LogP contribution in [0.15, 0.2) is 0 Å². The average molecular weight is 142 g/mol. The third-order valence-corrected chi connectivity index (χ3v) is 1.96. The summed E-state index contributed by atoms with van der Waals surface area (Å²) >= 11 is 0. The number of nitrogens with one attached hydrogen (secondary N) is 1. The number of nitrogens with zero attached hydrogens (tertiary/aromatic N) is 1. The normalized spacial score (nSPS) is 25.3. The summed E-state index contributed by atoms with van der Waals surface area (Å²) in [5.41, 5.74) is 10.7. The molecule has 58 valence electrons. The van der Waals surface area contributed by atoms with Gasteiger partial charge in [0.05, 0.1) is 0 Å². The van der Waals surface area contributed by atoms with E-state index in [9.17, 15) is 0 Å². The molecule has 1 atom stereocenters. The van der Waals surface area contributed by atoms with E-state index in [2.05, 4.69) is 0 Å². The summed E-state index contributed by atoms with van der Waals surface area (Å²) in [6.07, 6.45) is 1.08. The summed E-state index contributed by atoms with van der Waals surface area (Å²) in [6, 6.07) is 0. The van der Waals surface area contributed by atoms with E-state index in [1.165, 1.54) is 0 Å². The fourth-order valence-electron chi connectivity index (χ4n) is 1.24. The van der Waals surface area contributed by atoms with Crippen LogP contribution < -0.4 is 11.5 Å². The van der Waals surface area contributed by atoms with Crippen LogP contribution in [0, 0.1) is 11.3 Å². The van der Waals surface area contributed by atoms with Crippen molar-refractivity contribution in [2.75, 3.05) is 19.6 Å². The molecule has 4 nitrogen and oxygen atoms in total. The highest BCUT2D eigenvalue weighted by molar-refractivity contribution is 5.74. The Bertz CT molecular complexity index is 134. The van der Waals surface area contributed by atoms with Crippen molar-refractivity contribution in [1.29, 1.82) is 5.41 Å². The molecule has 0 spiro atoms. The van der Waals surface area contributed by atoms with Crippen LogP contribution >= 0.6 is 0 Å². The first-order valence-electron chi connectivity index (χ1n) is 3.53. The second kappa shape index (κ2) is 2.88. The topological polar surface area (TPSA) is 79.1 Å². The molecule has 0 radical (unpaired) electrons. The smallest absolute Gasteiger partial charge is 0.188 e. The van der Waals surface area contributed by atoms with Gasteiger partial charge in [-0.1, -0.05) is 0 Å². The standard InChI is InChI=1S/C6H14N4/c7-3-5-1-2-10(4-5)6(8)9/h5H,1-4,7H2,(H3,8,9). The van der Waals surface area contributed by atoms with Gasteiger partial charge in [0.25, 0.3) is 0 Å². The molecule has 1 rings (SSSR count). The van der Waals surface area contributed by atoms with Crippen molar-refractivity contribution < 1.29 is 0 Å². The Morgan fingerprint density at radius 3 is 2.70 bits per heavy atom. The molecule has 1 aliphatic rings. The first-order chi connectivity index (χ1) is 4.74. The molecular formula is C6H14N4. The number of rotatable bonds is 1. The number of nitrogens with two attached hydrogens (primary N) is 2. The minimum absolute atomic E-state index is 0.177. The second-order valence-electron chi connectivity index (χ2n) is 2.72. The van der Waals surface area contributed by atoms with Gasteiger partial charge in [-0.05, 0) is 18.9 Å². The van der Waals surface area contributed by atoms with Gasteiger partial charge in [-0.3, -0.25) is 5.41 Å².